The number of fused-ring (bicyclic) bond motifs is 1. The SMILES string of the molecule is CCOC(=O)Cn1cnc2sc(C(=O)OCC)c(C)c2c1=O. The van der Waals surface area contributed by atoms with E-state index in [4.69, 9.17) is 9.47 Å². The number of rotatable bonds is 5. The molecule has 22 heavy (non-hydrogen) atoms. The van der Waals surface area contributed by atoms with E-state index < -0.39 is 11.9 Å². The summed E-state index contributed by atoms with van der Waals surface area (Å²) >= 11 is 1.11. The molecule has 0 unspecified atom stereocenters. The highest BCUT2D eigenvalue weighted by molar-refractivity contribution is 7.20. The minimum absolute atomic E-state index is 0.209. The lowest BCUT2D eigenvalue weighted by molar-refractivity contribution is -0.143. The van der Waals surface area contributed by atoms with E-state index in [0.29, 0.717) is 20.7 Å². The first-order valence-corrected chi connectivity index (χ1v) is 7.62. The van der Waals surface area contributed by atoms with Crippen molar-refractivity contribution in [3.05, 3.63) is 27.1 Å². The first-order valence-electron chi connectivity index (χ1n) is 6.80. The van der Waals surface area contributed by atoms with E-state index in [9.17, 15) is 14.4 Å². The average Bonchev–Trinajstić information content (AvgIpc) is 2.80. The second kappa shape index (κ2) is 6.69. The van der Waals surface area contributed by atoms with Gasteiger partial charge >= 0.3 is 11.9 Å². The van der Waals surface area contributed by atoms with Gasteiger partial charge in [0.1, 0.15) is 16.3 Å². The van der Waals surface area contributed by atoms with Crippen LogP contribution in [0.25, 0.3) is 10.2 Å². The zero-order valence-corrected chi connectivity index (χ0v) is 13.4. The van der Waals surface area contributed by atoms with Gasteiger partial charge in [-0.1, -0.05) is 0 Å². The normalized spacial score (nSPS) is 10.7. The van der Waals surface area contributed by atoms with Crippen molar-refractivity contribution < 1.29 is 19.1 Å². The fourth-order valence-corrected chi connectivity index (χ4v) is 3.04. The summed E-state index contributed by atoms with van der Waals surface area (Å²) in [4.78, 5) is 40.8. The lowest BCUT2D eigenvalue weighted by atomic mass is 10.2. The molecule has 0 fully saturated rings. The zero-order chi connectivity index (χ0) is 16.3. The molecule has 2 heterocycles. The van der Waals surface area contributed by atoms with Gasteiger partial charge in [-0.3, -0.25) is 14.2 Å². The van der Waals surface area contributed by atoms with Crippen LogP contribution in [0.1, 0.15) is 29.1 Å². The highest BCUT2D eigenvalue weighted by Gasteiger charge is 2.20. The Morgan fingerprint density at radius 2 is 1.95 bits per heavy atom. The highest BCUT2D eigenvalue weighted by Crippen LogP contribution is 2.27. The molecule has 8 heteroatoms. The van der Waals surface area contributed by atoms with Gasteiger partial charge in [-0.15, -0.1) is 11.3 Å². The van der Waals surface area contributed by atoms with Crippen LogP contribution < -0.4 is 5.56 Å². The second-order valence-corrected chi connectivity index (χ2v) is 5.44. The monoisotopic (exact) mass is 324 g/mol. The lowest BCUT2D eigenvalue weighted by Crippen LogP contribution is -2.25. The van der Waals surface area contributed by atoms with Gasteiger partial charge in [0, 0.05) is 0 Å². The molecule has 118 valence electrons. The number of ether oxygens (including phenoxy) is 2. The molecule has 0 N–H and O–H groups in total. The first kappa shape index (κ1) is 16.2. The van der Waals surface area contributed by atoms with Crippen molar-refractivity contribution in [1.82, 2.24) is 9.55 Å². The van der Waals surface area contributed by atoms with Gasteiger partial charge in [-0.25, -0.2) is 9.78 Å². The number of hydrogen-bond donors (Lipinski definition) is 0. The quantitative estimate of drug-likeness (QED) is 0.775. The Morgan fingerprint density at radius 3 is 2.59 bits per heavy atom. The van der Waals surface area contributed by atoms with Crippen LogP contribution in [0.15, 0.2) is 11.1 Å². The van der Waals surface area contributed by atoms with Crippen LogP contribution in [0.4, 0.5) is 0 Å². The molecule has 0 aliphatic heterocycles. The Kier molecular flexibility index (Phi) is 4.92. The second-order valence-electron chi connectivity index (χ2n) is 4.44. The number of thiophene rings is 1. The standard InChI is InChI=1S/C14H16N2O5S/c1-4-20-9(17)6-16-7-15-12-10(13(16)18)8(3)11(22-12)14(19)21-5-2/h7H,4-6H2,1-3H3. The van der Waals surface area contributed by atoms with Crippen LogP contribution >= 0.6 is 11.3 Å². The van der Waals surface area contributed by atoms with Gasteiger partial charge in [0.25, 0.3) is 5.56 Å². The largest absolute Gasteiger partial charge is 0.465 e. The van der Waals surface area contributed by atoms with Crippen LogP contribution in [-0.4, -0.2) is 34.7 Å². The predicted octanol–water partition coefficient (Wildman–Crippen LogP) is 1.51. The van der Waals surface area contributed by atoms with Crippen LogP contribution in [0.2, 0.25) is 0 Å². The molecule has 0 amide bonds. The van der Waals surface area contributed by atoms with Crippen molar-refractivity contribution in [2.75, 3.05) is 13.2 Å². The van der Waals surface area contributed by atoms with E-state index in [0.717, 1.165) is 11.3 Å². The molecule has 0 aromatic carbocycles. The number of aromatic nitrogens is 2. The third-order valence-electron chi connectivity index (χ3n) is 2.98. The van der Waals surface area contributed by atoms with Crippen molar-refractivity contribution in [1.29, 1.82) is 0 Å². The van der Waals surface area contributed by atoms with E-state index >= 15 is 0 Å². The van der Waals surface area contributed by atoms with Gasteiger partial charge in [0.15, 0.2) is 0 Å². The van der Waals surface area contributed by atoms with E-state index in [1.165, 1.54) is 10.9 Å². The van der Waals surface area contributed by atoms with Crippen molar-refractivity contribution in [2.45, 2.75) is 27.3 Å². The third kappa shape index (κ3) is 3.01. The van der Waals surface area contributed by atoms with Gasteiger partial charge in [0.05, 0.1) is 24.9 Å². The van der Waals surface area contributed by atoms with E-state index in [1.54, 1.807) is 20.8 Å². The molecule has 0 radical (unpaired) electrons. The van der Waals surface area contributed by atoms with E-state index in [-0.39, 0.29) is 25.3 Å². The highest BCUT2D eigenvalue weighted by atomic mass is 32.1. The van der Waals surface area contributed by atoms with Crippen LogP contribution in [-0.2, 0) is 20.8 Å². The summed E-state index contributed by atoms with van der Waals surface area (Å²) in [5.74, 6) is -0.983. The molecule has 0 saturated heterocycles. The third-order valence-corrected chi connectivity index (χ3v) is 4.16. The van der Waals surface area contributed by atoms with Gasteiger partial charge in [-0.05, 0) is 26.3 Å². The van der Waals surface area contributed by atoms with E-state index in [2.05, 4.69) is 4.98 Å². The molecule has 2 aromatic rings. The molecule has 0 atom stereocenters. The zero-order valence-electron chi connectivity index (χ0n) is 12.5. The molecule has 2 aromatic heterocycles. The minimum atomic E-state index is -0.510. The van der Waals surface area contributed by atoms with E-state index in [1.807, 2.05) is 0 Å². The topological polar surface area (TPSA) is 87.5 Å². The number of aryl methyl sites for hydroxylation is 1. The lowest BCUT2D eigenvalue weighted by Gasteiger charge is -2.04. The summed E-state index contributed by atoms with van der Waals surface area (Å²) in [5.41, 5.74) is 0.150. The Bertz CT molecular complexity index is 777. The summed E-state index contributed by atoms with van der Waals surface area (Å²) in [7, 11) is 0. The van der Waals surface area contributed by atoms with Crippen LogP contribution in [0.5, 0.6) is 0 Å². The minimum Gasteiger partial charge on any atom is -0.465 e. The number of carbonyl (C=O) groups excluding carboxylic acids is 2. The fraction of sp³-hybridized carbons (Fsp3) is 0.429. The summed E-state index contributed by atoms with van der Waals surface area (Å²) in [5, 5.41) is 0.333. The number of nitrogens with zero attached hydrogens (tertiary/aromatic N) is 2. The molecular formula is C14H16N2O5S. The van der Waals surface area contributed by atoms with Crippen molar-refractivity contribution in [3.8, 4) is 0 Å². The Morgan fingerprint density at radius 1 is 1.27 bits per heavy atom. The number of carbonyl (C=O) groups is 2. The summed E-state index contributed by atoms with van der Waals surface area (Å²) in [6.07, 6.45) is 1.28. The molecule has 7 nitrogen and oxygen atoms in total. The van der Waals surface area contributed by atoms with Gasteiger partial charge < -0.3 is 9.47 Å². The average molecular weight is 324 g/mol. The summed E-state index contributed by atoms with van der Waals surface area (Å²) < 4.78 is 11.0. The van der Waals surface area contributed by atoms with Gasteiger partial charge in [0.2, 0.25) is 0 Å². The molecule has 2 rings (SSSR count). The van der Waals surface area contributed by atoms with Crippen LogP contribution in [0, 0.1) is 6.92 Å². The smallest absolute Gasteiger partial charge is 0.348 e. The van der Waals surface area contributed by atoms with Crippen LogP contribution in [0.3, 0.4) is 0 Å². The Hall–Kier alpha value is -2.22. The van der Waals surface area contributed by atoms with Crippen molar-refractivity contribution in [2.24, 2.45) is 0 Å². The number of esters is 2. The maximum absolute atomic E-state index is 12.5. The van der Waals surface area contributed by atoms with Gasteiger partial charge in [-0.2, -0.15) is 0 Å². The molecular weight excluding hydrogens is 308 g/mol. The maximum Gasteiger partial charge on any atom is 0.348 e. The van der Waals surface area contributed by atoms with Crippen molar-refractivity contribution >= 4 is 33.5 Å². The Labute approximate surface area is 130 Å². The molecule has 0 bridgehead atoms. The maximum atomic E-state index is 12.5. The molecule has 0 spiro atoms. The molecule has 0 aliphatic carbocycles. The molecule has 0 saturated carbocycles. The molecule has 0 aliphatic rings. The summed E-state index contributed by atoms with van der Waals surface area (Å²) in [6.45, 7) is 5.37. The fourth-order valence-electron chi connectivity index (χ4n) is 2.01. The Balaban J connectivity index is 2.47. The van der Waals surface area contributed by atoms with Crippen molar-refractivity contribution in [3.63, 3.8) is 0 Å². The predicted molar refractivity (Wildman–Crippen MR) is 81.2 cm³/mol. The number of hydrogen-bond acceptors (Lipinski definition) is 7. The first-order chi connectivity index (χ1) is 10.5. The summed E-state index contributed by atoms with van der Waals surface area (Å²) in [6, 6.07) is 0.